The van der Waals surface area contributed by atoms with Crippen LogP contribution in [0.5, 0.6) is 0 Å². The summed E-state index contributed by atoms with van der Waals surface area (Å²) in [7, 11) is 0. The maximum atomic E-state index is 5.46. The molecule has 17 heavy (non-hydrogen) atoms. The SMILES string of the molecule is C#CC(CC)NC(C)c1cnc2ccsc2c1. The van der Waals surface area contributed by atoms with E-state index in [-0.39, 0.29) is 12.1 Å². The largest absolute Gasteiger partial charge is 0.297 e. The summed E-state index contributed by atoms with van der Waals surface area (Å²) in [5, 5.41) is 5.48. The van der Waals surface area contributed by atoms with Crippen molar-refractivity contribution in [1.29, 1.82) is 0 Å². The van der Waals surface area contributed by atoms with Crippen LogP contribution in [0.2, 0.25) is 0 Å². The number of hydrogen-bond donors (Lipinski definition) is 1. The third kappa shape index (κ3) is 2.66. The fraction of sp³-hybridized carbons (Fsp3) is 0.357. The van der Waals surface area contributed by atoms with Crippen LogP contribution in [-0.2, 0) is 0 Å². The Morgan fingerprint density at radius 1 is 1.59 bits per heavy atom. The minimum atomic E-state index is 0.129. The van der Waals surface area contributed by atoms with Crippen molar-refractivity contribution < 1.29 is 0 Å². The van der Waals surface area contributed by atoms with Gasteiger partial charge < -0.3 is 0 Å². The second kappa shape index (κ2) is 5.31. The van der Waals surface area contributed by atoms with Crippen molar-refractivity contribution in [2.75, 3.05) is 0 Å². The molecule has 0 aliphatic carbocycles. The number of aromatic nitrogens is 1. The van der Waals surface area contributed by atoms with Crippen molar-refractivity contribution in [1.82, 2.24) is 10.3 Å². The van der Waals surface area contributed by atoms with E-state index in [4.69, 9.17) is 6.42 Å². The van der Waals surface area contributed by atoms with E-state index >= 15 is 0 Å². The zero-order valence-corrected chi connectivity index (χ0v) is 10.9. The molecule has 2 aromatic rings. The highest BCUT2D eigenvalue weighted by Gasteiger charge is 2.10. The average molecular weight is 244 g/mol. The van der Waals surface area contributed by atoms with Crippen LogP contribution in [0, 0.1) is 12.3 Å². The van der Waals surface area contributed by atoms with Gasteiger partial charge in [0.05, 0.1) is 16.3 Å². The highest BCUT2D eigenvalue weighted by atomic mass is 32.1. The Hall–Kier alpha value is -1.37. The van der Waals surface area contributed by atoms with Gasteiger partial charge in [0.1, 0.15) is 0 Å². The van der Waals surface area contributed by atoms with Gasteiger partial charge in [-0.3, -0.25) is 10.3 Å². The number of nitrogens with zero attached hydrogens (tertiary/aromatic N) is 1. The van der Waals surface area contributed by atoms with Gasteiger partial charge >= 0.3 is 0 Å². The number of fused-ring (bicyclic) bond motifs is 1. The average Bonchev–Trinajstić information content (AvgIpc) is 2.82. The van der Waals surface area contributed by atoms with Crippen LogP contribution in [0.1, 0.15) is 31.9 Å². The lowest BCUT2D eigenvalue weighted by Crippen LogP contribution is -2.29. The van der Waals surface area contributed by atoms with Gasteiger partial charge in [-0.2, -0.15) is 0 Å². The van der Waals surface area contributed by atoms with Crippen molar-refractivity contribution in [3.05, 3.63) is 29.3 Å². The van der Waals surface area contributed by atoms with E-state index in [9.17, 15) is 0 Å². The molecule has 0 saturated carbocycles. The molecule has 0 fully saturated rings. The maximum Gasteiger partial charge on any atom is 0.0809 e. The fourth-order valence-electron chi connectivity index (χ4n) is 1.78. The molecule has 0 saturated heterocycles. The molecule has 0 amide bonds. The van der Waals surface area contributed by atoms with Gasteiger partial charge in [0.2, 0.25) is 0 Å². The molecule has 2 heterocycles. The molecule has 0 spiro atoms. The first-order valence-electron chi connectivity index (χ1n) is 5.80. The van der Waals surface area contributed by atoms with E-state index in [1.54, 1.807) is 11.3 Å². The molecule has 2 rings (SSSR count). The van der Waals surface area contributed by atoms with Gasteiger partial charge in [0.25, 0.3) is 0 Å². The van der Waals surface area contributed by atoms with E-state index in [1.807, 2.05) is 12.3 Å². The first-order valence-corrected chi connectivity index (χ1v) is 6.68. The minimum absolute atomic E-state index is 0.129. The standard InChI is InChI=1S/C14H16N2S/c1-4-12(5-2)16-10(3)11-8-14-13(15-9-11)6-7-17-14/h1,6-10,12,16H,5H2,2-3H3. The number of rotatable bonds is 4. The normalized spacial score (nSPS) is 14.4. The van der Waals surface area contributed by atoms with Crippen LogP contribution in [0.15, 0.2) is 23.7 Å². The molecular weight excluding hydrogens is 228 g/mol. The van der Waals surface area contributed by atoms with E-state index < -0.39 is 0 Å². The lowest BCUT2D eigenvalue weighted by Gasteiger charge is -2.18. The van der Waals surface area contributed by atoms with Crippen LogP contribution in [0.3, 0.4) is 0 Å². The summed E-state index contributed by atoms with van der Waals surface area (Å²) in [5.41, 5.74) is 2.25. The molecule has 2 nitrogen and oxygen atoms in total. The lowest BCUT2D eigenvalue weighted by atomic mass is 10.1. The van der Waals surface area contributed by atoms with Crippen LogP contribution >= 0.6 is 11.3 Å². The van der Waals surface area contributed by atoms with Crippen molar-refractivity contribution in [3.8, 4) is 12.3 Å². The first kappa shape index (κ1) is 12.1. The van der Waals surface area contributed by atoms with E-state index in [1.165, 1.54) is 10.3 Å². The van der Waals surface area contributed by atoms with E-state index in [0.29, 0.717) is 0 Å². The fourth-order valence-corrected chi connectivity index (χ4v) is 2.57. The number of hydrogen-bond acceptors (Lipinski definition) is 3. The van der Waals surface area contributed by atoms with E-state index in [2.05, 4.69) is 41.5 Å². The summed E-state index contributed by atoms with van der Waals surface area (Å²) in [6, 6.07) is 4.59. The molecular formula is C14H16N2S. The minimum Gasteiger partial charge on any atom is -0.297 e. The summed E-state index contributed by atoms with van der Waals surface area (Å²) >= 11 is 1.72. The quantitative estimate of drug-likeness (QED) is 0.834. The third-order valence-electron chi connectivity index (χ3n) is 2.88. The Labute approximate surface area is 106 Å². The number of terminal acetylenes is 1. The van der Waals surface area contributed by atoms with Gasteiger partial charge in [-0.05, 0) is 36.4 Å². The number of thiophene rings is 1. The summed E-state index contributed by atoms with van der Waals surface area (Å²) in [5.74, 6) is 2.76. The summed E-state index contributed by atoms with van der Waals surface area (Å²) in [6.45, 7) is 4.21. The highest BCUT2D eigenvalue weighted by molar-refractivity contribution is 7.17. The van der Waals surface area contributed by atoms with Gasteiger partial charge in [-0.25, -0.2) is 0 Å². The van der Waals surface area contributed by atoms with Crippen molar-refractivity contribution in [2.24, 2.45) is 0 Å². The van der Waals surface area contributed by atoms with Crippen molar-refractivity contribution in [2.45, 2.75) is 32.4 Å². The van der Waals surface area contributed by atoms with Gasteiger partial charge in [-0.15, -0.1) is 17.8 Å². The predicted molar refractivity (Wildman–Crippen MR) is 74.1 cm³/mol. The molecule has 3 heteroatoms. The molecule has 0 aromatic carbocycles. The molecule has 0 bridgehead atoms. The predicted octanol–water partition coefficient (Wildman–Crippen LogP) is 3.36. The second-order valence-corrected chi connectivity index (χ2v) is 5.04. The zero-order chi connectivity index (χ0) is 12.3. The Morgan fingerprint density at radius 3 is 3.12 bits per heavy atom. The monoisotopic (exact) mass is 244 g/mol. The molecule has 0 aliphatic heterocycles. The zero-order valence-electron chi connectivity index (χ0n) is 10.1. The van der Waals surface area contributed by atoms with Crippen LogP contribution in [-0.4, -0.2) is 11.0 Å². The van der Waals surface area contributed by atoms with E-state index in [0.717, 1.165) is 11.9 Å². The molecule has 2 unspecified atom stereocenters. The van der Waals surface area contributed by atoms with Gasteiger partial charge in [0, 0.05) is 12.2 Å². The van der Waals surface area contributed by atoms with Crippen LogP contribution < -0.4 is 5.32 Å². The smallest absolute Gasteiger partial charge is 0.0809 e. The highest BCUT2D eigenvalue weighted by Crippen LogP contribution is 2.22. The second-order valence-electron chi connectivity index (χ2n) is 4.09. The third-order valence-corrected chi connectivity index (χ3v) is 3.74. The van der Waals surface area contributed by atoms with Crippen LogP contribution in [0.25, 0.3) is 10.2 Å². The summed E-state index contributed by atoms with van der Waals surface area (Å²) < 4.78 is 1.23. The van der Waals surface area contributed by atoms with Crippen molar-refractivity contribution in [3.63, 3.8) is 0 Å². The molecule has 2 aromatic heterocycles. The Kier molecular flexibility index (Phi) is 3.78. The molecule has 88 valence electrons. The lowest BCUT2D eigenvalue weighted by molar-refractivity contribution is 0.512. The molecule has 0 radical (unpaired) electrons. The Balaban J connectivity index is 2.18. The topological polar surface area (TPSA) is 24.9 Å². The Bertz CT molecular complexity index is 538. The van der Waals surface area contributed by atoms with Gasteiger partial charge in [-0.1, -0.05) is 12.8 Å². The molecule has 1 N–H and O–H groups in total. The van der Waals surface area contributed by atoms with Gasteiger partial charge in [0.15, 0.2) is 0 Å². The van der Waals surface area contributed by atoms with Crippen molar-refractivity contribution >= 4 is 21.6 Å². The van der Waals surface area contributed by atoms with Crippen LogP contribution in [0.4, 0.5) is 0 Å². The number of nitrogens with one attached hydrogen (secondary N) is 1. The summed E-state index contributed by atoms with van der Waals surface area (Å²) in [4.78, 5) is 4.44. The molecule has 2 atom stereocenters. The number of pyridine rings is 1. The first-order chi connectivity index (χ1) is 8.24. The molecule has 0 aliphatic rings. The maximum absolute atomic E-state index is 5.46. The summed E-state index contributed by atoms with van der Waals surface area (Å²) in [6.07, 6.45) is 8.32. The Morgan fingerprint density at radius 2 is 2.41 bits per heavy atom.